The lowest BCUT2D eigenvalue weighted by Crippen LogP contribution is -2.35. The van der Waals surface area contributed by atoms with Crippen LogP contribution in [0.1, 0.15) is 51.9 Å². The summed E-state index contributed by atoms with van der Waals surface area (Å²) in [5.41, 5.74) is 0. The van der Waals surface area contributed by atoms with Crippen LogP contribution in [-0.2, 0) is 0 Å². The average Bonchev–Trinajstić information content (AvgIpc) is 2.31. The van der Waals surface area contributed by atoms with E-state index in [1.165, 1.54) is 45.2 Å². The smallest absolute Gasteiger partial charge is 0.0965 e. The second-order valence-corrected chi connectivity index (χ2v) is 5.03. The molecule has 3 heteroatoms. The monoisotopic (exact) mass is 237 g/mol. The molecule has 0 aliphatic carbocycles. The Balaban J connectivity index is 2.19. The topological polar surface area (TPSA) is 39.1 Å². The normalized spacial score (nSPS) is 20.2. The molecular weight excluding hydrogens is 210 g/mol. The molecule has 0 radical (unpaired) electrons. The second kappa shape index (κ2) is 9.44. The van der Waals surface area contributed by atoms with E-state index in [0.717, 1.165) is 25.9 Å². The number of hydrogen-bond acceptors (Lipinski definition) is 3. The Morgan fingerprint density at radius 3 is 2.41 bits per heavy atom. The number of nitriles is 1. The van der Waals surface area contributed by atoms with Crippen LogP contribution >= 0.6 is 0 Å². The molecule has 0 amide bonds. The minimum Gasteiger partial charge on any atom is -0.303 e. The van der Waals surface area contributed by atoms with Crippen LogP contribution < -0.4 is 5.32 Å². The van der Waals surface area contributed by atoms with Crippen LogP contribution in [0.5, 0.6) is 0 Å². The first-order valence-electron chi connectivity index (χ1n) is 7.22. The molecule has 3 nitrogen and oxygen atoms in total. The fourth-order valence-corrected chi connectivity index (χ4v) is 2.38. The van der Waals surface area contributed by atoms with Crippen molar-refractivity contribution < 1.29 is 0 Å². The fourth-order valence-electron chi connectivity index (χ4n) is 2.38. The zero-order valence-electron chi connectivity index (χ0n) is 11.2. The molecule has 0 bridgehead atoms. The minimum atomic E-state index is 0.0420. The molecule has 1 aliphatic rings. The van der Waals surface area contributed by atoms with Gasteiger partial charge in [0.1, 0.15) is 0 Å². The van der Waals surface area contributed by atoms with Gasteiger partial charge in [-0.15, -0.1) is 0 Å². The van der Waals surface area contributed by atoms with Gasteiger partial charge in [-0.2, -0.15) is 5.26 Å². The van der Waals surface area contributed by atoms with Gasteiger partial charge < -0.3 is 10.2 Å². The highest BCUT2D eigenvalue weighted by atomic mass is 15.1. The Labute approximate surface area is 106 Å². The SMILES string of the molecule is CCCNC(C#N)CCN1CCCCCCC1. The van der Waals surface area contributed by atoms with Crippen molar-refractivity contribution in [1.82, 2.24) is 10.2 Å². The molecule has 1 heterocycles. The van der Waals surface area contributed by atoms with E-state index >= 15 is 0 Å². The lowest BCUT2D eigenvalue weighted by molar-refractivity contribution is 0.239. The summed E-state index contributed by atoms with van der Waals surface area (Å²) in [6, 6.07) is 2.41. The van der Waals surface area contributed by atoms with Crippen LogP contribution in [0.2, 0.25) is 0 Å². The summed E-state index contributed by atoms with van der Waals surface area (Å²) in [5.74, 6) is 0. The maximum Gasteiger partial charge on any atom is 0.0965 e. The maximum absolute atomic E-state index is 9.05. The van der Waals surface area contributed by atoms with E-state index in [4.69, 9.17) is 5.26 Å². The molecule has 0 saturated carbocycles. The molecule has 0 aromatic heterocycles. The molecule has 1 aliphatic heterocycles. The Hall–Kier alpha value is -0.590. The van der Waals surface area contributed by atoms with Crippen molar-refractivity contribution in [2.24, 2.45) is 0 Å². The van der Waals surface area contributed by atoms with E-state index in [9.17, 15) is 0 Å². The maximum atomic E-state index is 9.05. The van der Waals surface area contributed by atoms with Gasteiger partial charge in [-0.1, -0.05) is 26.2 Å². The van der Waals surface area contributed by atoms with Crippen molar-refractivity contribution in [3.63, 3.8) is 0 Å². The quantitative estimate of drug-likeness (QED) is 0.771. The van der Waals surface area contributed by atoms with Crippen LogP contribution in [0, 0.1) is 11.3 Å². The summed E-state index contributed by atoms with van der Waals surface area (Å²) in [6.07, 6.45) is 8.91. The standard InChI is InChI=1S/C14H27N3/c1-2-9-16-14(13-15)8-12-17-10-6-4-3-5-7-11-17/h14,16H,2-12H2,1H3. The fraction of sp³-hybridized carbons (Fsp3) is 0.929. The largest absolute Gasteiger partial charge is 0.303 e. The molecule has 0 spiro atoms. The van der Waals surface area contributed by atoms with Gasteiger partial charge in [0.2, 0.25) is 0 Å². The molecule has 1 rings (SSSR count). The number of nitrogens with one attached hydrogen (secondary N) is 1. The lowest BCUT2D eigenvalue weighted by Gasteiger charge is -2.25. The highest BCUT2D eigenvalue weighted by Crippen LogP contribution is 2.10. The first-order chi connectivity index (χ1) is 8.36. The predicted octanol–water partition coefficient (Wildman–Crippen LogP) is 2.53. The zero-order valence-corrected chi connectivity index (χ0v) is 11.2. The Bertz CT molecular complexity index is 214. The minimum absolute atomic E-state index is 0.0420. The summed E-state index contributed by atoms with van der Waals surface area (Å²) in [6.45, 7) is 6.63. The molecule has 98 valence electrons. The van der Waals surface area contributed by atoms with Gasteiger partial charge in [0.05, 0.1) is 12.1 Å². The van der Waals surface area contributed by atoms with E-state index in [0.29, 0.717) is 0 Å². The third kappa shape index (κ3) is 6.65. The first-order valence-corrected chi connectivity index (χ1v) is 7.22. The second-order valence-electron chi connectivity index (χ2n) is 5.03. The molecule has 1 fully saturated rings. The van der Waals surface area contributed by atoms with Gasteiger partial charge in [-0.25, -0.2) is 0 Å². The molecule has 0 aromatic rings. The van der Waals surface area contributed by atoms with Crippen molar-refractivity contribution in [2.75, 3.05) is 26.2 Å². The molecule has 1 atom stereocenters. The van der Waals surface area contributed by atoms with Crippen LogP contribution in [0.15, 0.2) is 0 Å². The van der Waals surface area contributed by atoms with Gasteiger partial charge >= 0.3 is 0 Å². The summed E-state index contributed by atoms with van der Waals surface area (Å²) >= 11 is 0. The van der Waals surface area contributed by atoms with Crippen molar-refractivity contribution in [2.45, 2.75) is 57.9 Å². The van der Waals surface area contributed by atoms with Crippen molar-refractivity contribution >= 4 is 0 Å². The molecular formula is C14H27N3. The van der Waals surface area contributed by atoms with E-state index in [2.05, 4.69) is 23.2 Å². The Kier molecular flexibility index (Phi) is 8.04. The lowest BCUT2D eigenvalue weighted by atomic mass is 10.1. The molecule has 1 unspecified atom stereocenters. The highest BCUT2D eigenvalue weighted by Gasteiger charge is 2.11. The van der Waals surface area contributed by atoms with E-state index in [1.807, 2.05) is 0 Å². The first kappa shape index (κ1) is 14.5. The number of hydrogen-bond donors (Lipinski definition) is 1. The third-order valence-electron chi connectivity index (χ3n) is 3.48. The van der Waals surface area contributed by atoms with Gasteiger partial charge in [0.15, 0.2) is 0 Å². The van der Waals surface area contributed by atoms with Crippen molar-refractivity contribution in [1.29, 1.82) is 5.26 Å². The average molecular weight is 237 g/mol. The molecule has 17 heavy (non-hydrogen) atoms. The van der Waals surface area contributed by atoms with Crippen LogP contribution in [0.25, 0.3) is 0 Å². The third-order valence-corrected chi connectivity index (χ3v) is 3.48. The summed E-state index contributed by atoms with van der Waals surface area (Å²) in [7, 11) is 0. The van der Waals surface area contributed by atoms with Crippen LogP contribution in [-0.4, -0.2) is 37.1 Å². The van der Waals surface area contributed by atoms with Crippen LogP contribution in [0.3, 0.4) is 0 Å². The van der Waals surface area contributed by atoms with E-state index in [1.54, 1.807) is 0 Å². The van der Waals surface area contributed by atoms with Crippen molar-refractivity contribution in [3.05, 3.63) is 0 Å². The Morgan fingerprint density at radius 2 is 1.82 bits per heavy atom. The summed E-state index contributed by atoms with van der Waals surface area (Å²) in [4.78, 5) is 2.54. The summed E-state index contributed by atoms with van der Waals surface area (Å²) in [5, 5.41) is 12.4. The molecule has 0 aromatic carbocycles. The van der Waals surface area contributed by atoms with Gasteiger partial charge in [0.25, 0.3) is 0 Å². The predicted molar refractivity (Wildman–Crippen MR) is 71.8 cm³/mol. The van der Waals surface area contributed by atoms with Crippen LogP contribution in [0.4, 0.5) is 0 Å². The van der Waals surface area contributed by atoms with E-state index < -0.39 is 0 Å². The summed E-state index contributed by atoms with van der Waals surface area (Å²) < 4.78 is 0. The number of rotatable bonds is 6. The Morgan fingerprint density at radius 1 is 1.18 bits per heavy atom. The highest BCUT2D eigenvalue weighted by molar-refractivity contribution is 4.90. The molecule has 1 saturated heterocycles. The number of likely N-dealkylation sites (tertiary alicyclic amines) is 1. The zero-order chi connectivity index (χ0) is 12.3. The molecule has 1 N–H and O–H groups in total. The van der Waals surface area contributed by atoms with Gasteiger partial charge in [-0.05, 0) is 45.3 Å². The van der Waals surface area contributed by atoms with Gasteiger partial charge in [0, 0.05) is 6.54 Å². The van der Waals surface area contributed by atoms with Gasteiger partial charge in [-0.3, -0.25) is 0 Å². The van der Waals surface area contributed by atoms with E-state index in [-0.39, 0.29) is 6.04 Å². The number of nitrogens with zero attached hydrogens (tertiary/aromatic N) is 2. The van der Waals surface area contributed by atoms with Crippen molar-refractivity contribution in [3.8, 4) is 6.07 Å².